The molecule has 0 N–H and O–H groups in total. The van der Waals surface area contributed by atoms with Crippen LogP contribution in [0.1, 0.15) is 66.2 Å². The minimum Gasteiger partial charge on any atom is -0.264 e. The van der Waals surface area contributed by atoms with Crippen molar-refractivity contribution in [3.05, 3.63) is 0 Å². The van der Waals surface area contributed by atoms with Gasteiger partial charge in [0.05, 0.1) is 11.9 Å². The van der Waals surface area contributed by atoms with Crippen molar-refractivity contribution >= 4 is 19.6 Å². The van der Waals surface area contributed by atoms with E-state index < -0.39 is 10.1 Å². The Hall–Kier alpha value is 0.127. The topological polar surface area (TPSA) is 43.4 Å². The average molecular weight is 307 g/mol. The van der Waals surface area contributed by atoms with Crippen molar-refractivity contribution < 1.29 is 12.6 Å². The fourth-order valence-corrected chi connectivity index (χ4v) is 7.00. The third-order valence-corrected chi connectivity index (χ3v) is 7.99. The lowest BCUT2D eigenvalue weighted by atomic mass is 10.0. The van der Waals surface area contributed by atoms with Gasteiger partial charge in [-0.2, -0.15) is 8.42 Å². The molecular formula is C14H30O3SSi. The van der Waals surface area contributed by atoms with Gasteiger partial charge in [-0.3, -0.25) is 4.18 Å². The van der Waals surface area contributed by atoms with Gasteiger partial charge in [0, 0.05) is 9.52 Å². The smallest absolute Gasteiger partial charge is 0.264 e. The van der Waals surface area contributed by atoms with E-state index in [2.05, 4.69) is 20.8 Å². The highest BCUT2D eigenvalue weighted by Crippen LogP contribution is 2.56. The minimum atomic E-state index is -3.31. The molecule has 0 aliphatic heterocycles. The number of hydrogen-bond acceptors (Lipinski definition) is 3. The van der Waals surface area contributed by atoms with Gasteiger partial charge >= 0.3 is 0 Å². The first-order chi connectivity index (χ1) is 8.58. The molecule has 0 bridgehead atoms. The number of hydrogen-bond donors (Lipinski definition) is 0. The first-order valence-corrected chi connectivity index (χ1v) is 10.8. The molecule has 0 spiro atoms. The van der Waals surface area contributed by atoms with Crippen molar-refractivity contribution in [3.63, 3.8) is 0 Å². The zero-order chi connectivity index (χ0) is 14.7. The summed E-state index contributed by atoms with van der Waals surface area (Å²) in [7, 11) is -3.62. The van der Waals surface area contributed by atoms with Crippen LogP contribution in [0.4, 0.5) is 0 Å². The molecule has 0 amide bonds. The van der Waals surface area contributed by atoms with E-state index in [0.717, 1.165) is 12.7 Å². The van der Waals surface area contributed by atoms with E-state index in [1.807, 2.05) is 6.92 Å². The molecule has 0 aromatic carbocycles. The first-order valence-electron chi connectivity index (χ1n) is 7.49. The third kappa shape index (κ3) is 6.41. The van der Waals surface area contributed by atoms with Crippen molar-refractivity contribution in [3.8, 4) is 0 Å². The lowest BCUT2D eigenvalue weighted by Crippen LogP contribution is -2.21. The van der Waals surface area contributed by atoms with Gasteiger partial charge < -0.3 is 0 Å². The maximum Gasteiger partial charge on any atom is 0.264 e. The molecule has 1 rings (SSSR count). The predicted octanol–water partition coefficient (Wildman–Crippen LogP) is 3.25. The zero-order valence-corrected chi connectivity index (χ0v) is 15.4. The van der Waals surface area contributed by atoms with E-state index in [1.54, 1.807) is 0 Å². The molecule has 2 atom stereocenters. The zero-order valence-electron chi connectivity index (χ0n) is 13.2. The lowest BCUT2D eigenvalue weighted by molar-refractivity contribution is 0.210. The van der Waals surface area contributed by atoms with Crippen molar-refractivity contribution in [2.75, 3.05) is 6.26 Å². The van der Waals surface area contributed by atoms with Gasteiger partial charge in [-0.25, -0.2) is 0 Å². The van der Waals surface area contributed by atoms with Crippen LogP contribution in [0, 0.1) is 0 Å². The minimum absolute atomic E-state index is 0.312. The second-order valence-electron chi connectivity index (χ2n) is 7.18. The van der Waals surface area contributed by atoms with Gasteiger partial charge in [-0.1, -0.05) is 52.9 Å². The first kappa shape index (κ1) is 17.2. The fraction of sp³-hybridized carbons (Fsp3) is 1.00. The largest absolute Gasteiger partial charge is 0.264 e. The van der Waals surface area contributed by atoms with E-state index >= 15 is 0 Å². The van der Waals surface area contributed by atoms with E-state index in [0.29, 0.717) is 10.6 Å². The molecule has 19 heavy (non-hydrogen) atoms. The van der Waals surface area contributed by atoms with Gasteiger partial charge in [0.25, 0.3) is 10.1 Å². The Labute approximate surface area is 121 Å². The molecule has 3 nitrogen and oxygen atoms in total. The highest BCUT2D eigenvalue weighted by molar-refractivity contribution is 7.86. The summed E-state index contributed by atoms with van der Waals surface area (Å²) in [5.41, 5.74) is 0.156. The van der Waals surface area contributed by atoms with Crippen LogP contribution in [0.2, 0.25) is 10.6 Å². The van der Waals surface area contributed by atoms with Gasteiger partial charge in [-0.05, 0) is 23.9 Å². The normalized spacial score (nSPS) is 28.2. The van der Waals surface area contributed by atoms with Crippen LogP contribution in [-0.2, 0) is 14.3 Å². The van der Waals surface area contributed by atoms with Crippen LogP contribution >= 0.6 is 0 Å². The van der Waals surface area contributed by atoms with E-state index in [-0.39, 0.29) is 15.1 Å². The second-order valence-corrected chi connectivity index (χ2v) is 12.1. The van der Waals surface area contributed by atoms with E-state index in [4.69, 9.17) is 4.18 Å². The van der Waals surface area contributed by atoms with E-state index in [9.17, 15) is 8.42 Å². The van der Waals surface area contributed by atoms with E-state index in [1.165, 1.54) is 32.1 Å². The van der Waals surface area contributed by atoms with Crippen molar-refractivity contribution in [1.29, 1.82) is 0 Å². The molecule has 0 saturated heterocycles. The van der Waals surface area contributed by atoms with Crippen LogP contribution in [0.15, 0.2) is 0 Å². The SMILES string of the molecule is CCCCCCC(C)(C)[SiH2]C1CC1(C)OS(C)(=O)=O. The molecule has 1 fully saturated rings. The maximum atomic E-state index is 11.2. The molecule has 1 aliphatic rings. The lowest BCUT2D eigenvalue weighted by Gasteiger charge is -2.25. The monoisotopic (exact) mass is 306 g/mol. The molecule has 0 aromatic rings. The average Bonchev–Trinajstić information content (AvgIpc) is 2.78. The summed E-state index contributed by atoms with van der Waals surface area (Å²) in [6.45, 7) is 8.89. The molecule has 1 aliphatic carbocycles. The standard InChI is InChI=1S/C14H30O3SSi/c1-6-7-8-9-10-13(2,3)19-12-11-14(12,4)17-18(5,15)16/h12H,6-11,19H2,1-5H3. The molecular weight excluding hydrogens is 276 g/mol. The summed E-state index contributed by atoms with van der Waals surface area (Å²) in [5.74, 6) is 0. The Bertz CT molecular complexity index is 391. The van der Waals surface area contributed by atoms with Crippen LogP contribution < -0.4 is 0 Å². The van der Waals surface area contributed by atoms with Gasteiger partial charge in [-0.15, -0.1) is 0 Å². The highest BCUT2D eigenvalue weighted by atomic mass is 32.2. The summed E-state index contributed by atoms with van der Waals surface area (Å²) >= 11 is 0. The Morgan fingerprint density at radius 2 is 1.95 bits per heavy atom. The molecule has 0 heterocycles. The van der Waals surface area contributed by atoms with Gasteiger partial charge in [0.15, 0.2) is 0 Å². The van der Waals surface area contributed by atoms with Gasteiger partial charge in [0.2, 0.25) is 0 Å². The highest BCUT2D eigenvalue weighted by Gasteiger charge is 2.55. The van der Waals surface area contributed by atoms with Crippen LogP contribution in [0.3, 0.4) is 0 Å². The third-order valence-electron chi connectivity index (χ3n) is 4.20. The Morgan fingerprint density at radius 3 is 2.47 bits per heavy atom. The van der Waals surface area contributed by atoms with Crippen molar-refractivity contribution in [2.45, 2.75) is 82.4 Å². The molecule has 0 aromatic heterocycles. The molecule has 1 saturated carbocycles. The summed E-state index contributed by atoms with van der Waals surface area (Å²) in [6.07, 6.45) is 8.62. The Morgan fingerprint density at radius 1 is 1.32 bits per heavy atom. The maximum absolute atomic E-state index is 11.2. The molecule has 0 radical (unpaired) electrons. The summed E-state index contributed by atoms with van der Waals surface area (Å²) in [4.78, 5) is 0. The Kier molecular flexibility index (Phi) is 5.67. The number of unbranched alkanes of at least 4 members (excludes halogenated alkanes) is 3. The van der Waals surface area contributed by atoms with Crippen LogP contribution in [-0.4, -0.2) is 29.8 Å². The summed E-state index contributed by atoms with van der Waals surface area (Å²) < 4.78 is 27.7. The van der Waals surface area contributed by atoms with Gasteiger partial charge in [0.1, 0.15) is 0 Å². The second kappa shape index (κ2) is 6.27. The quantitative estimate of drug-likeness (QED) is 0.373. The Balaban J connectivity index is 2.35. The van der Waals surface area contributed by atoms with Crippen molar-refractivity contribution in [2.24, 2.45) is 0 Å². The predicted molar refractivity (Wildman–Crippen MR) is 84.0 cm³/mol. The molecule has 5 heteroatoms. The van der Waals surface area contributed by atoms with Crippen LogP contribution in [0.5, 0.6) is 0 Å². The molecule has 114 valence electrons. The fourth-order valence-electron chi connectivity index (χ4n) is 2.97. The summed E-state index contributed by atoms with van der Waals surface area (Å²) in [6, 6.07) is 0. The molecule has 2 unspecified atom stereocenters. The number of rotatable bonds is 9. The summed E-state index contributed by atoms with van der Waals surface area (Å²) in [5, 5.41) is 0.428. The van der Waals surface area contributed by atoms with Crippen molar-refractivity contribution in [1.82, 2.24) is 0 Å². The van der Waals surface area contributed by atoms with Crippen LogP contribution in [0.25, 0.3) is 0 Å².